The van der Waals surface area contributed by atoms with Gasteiger partial charge in [-0.2, -0.15) is 0 Å². The van der Waals surface area contributed by atoms with E-state index in [9.17, 15) is 13.6 Å². The van der Waals surface area contributed by atoms with Crippen molar-refractivity contribution in [2.45, 2.75) is 38.4 Å². The number of benzene rings is 2. The largest absolute Gasteiger partial charge is 0.352 e. The minimum absolute atomic E-state index is 0.100. The zero-order valence-corrected chi connectivity index (χ0v) is 20.8. The van der Waals surface area contributed by atoms with Gasteiger partial charge in [0, 0.05) is 43.5 Å². The Morgan fingerprint density at radius 2 is 2.06 bits per heavy atom. The van der Waals surface area contributed by atoms with E-state index in [-0.39, 0.29) is 11.7 Å². The van der Waals surface area contributed by atoms with Crippen molar-refractivity contribution in [3.8, 4) is 11.3 Å². The maximum Gasteiger partial charge on any atom is 0.251 e. The van der Waals surface area contributed by atoms with Crippen molar-refractivity contribution in [3.63, 3.8) is 0 Å². The molecule has 2 aromatic carbocycles. The van der Waals surface area contributed by atoms with Crippen molar-refractivity contribution < 1.29 is 13.6 Å². The van der Waals surface area contributed by atoms with Crippen LogP contribution < -0.4 is 10.6 Å². The molecule has 0 aliphatic carbocycles. The van der Waals surface area contributed by atoms with Gasteiger partial charge in [0.2, 0.25) is 0 Å². The number of hydrogen-bond acceptors (Lipinski definition) is 5. The van der Waals surface area contributed by atoms with E-state index in [1.165, 1.54) is 16.9 Å². The number of hydrogen-bond donors (Lipinski definition) is 2. The Morgan fingerprint density at radius 1 is 1.19 bits per heavy atom. The molecule has 188 valence electrons. The molecule has 6 rings (SSSR count). The Morgan fingerprint density at radius 3 is 2.92 bits per heavy atom. The predicted molar refractivity (Wildman–Crippen MR) is 139 cm³/mol. The number of aromatic nitrogens is 2. The fourth-order valence-corrected chi connectivity index (χ4v) is 6.25. The molecule has 0 atom stereocenters. The lowest BCUT2D eigenvalue weighted by atomic mass is 9.97. The Hall–Kier alpha value is -2.88. The fourth-order valence-electron chi connectivity index (χ4n) is 5.20. The average Bonchev–Trinajstić information content (AvgIpc) is 3.44. The second-order valence-electron chi connectivity index (χ2n) is 9.72. The SMILES string of the molecule is O=C(NCCCN1CCC(F)CC1)c1ccc2c(c1)sc1nc(-c3cc4c(cc3F)CNCC4)cn12. The van der Waals surface area contributed by atoms with Crippen LogP contribution in [-0.2, 0) is 13.0 Å². The van der Waals surface area contributed by atoms with Gasteiger partial charge in [0.1, 0.15) is 12.0 Å². The lowest BCUT2D eigenvalue weighted by molar-refractivity contribution is 0.0950. The van der Waals surface area contributed by atoms with Gasteiger partial charge in [0.25, 0.3) is 5.91 Å². The summed E-state index contributed by atoms with van der Waals surface area (Å²) < 4.78 is 31.1. The van der Waals surface area contributed by atoms with Crippen LogP contribution in [0.2, 0.25) is 0 Å². The summed E-state index contributed by atoms with van der Waals surface area (Å²) in [6, 6.07) is 9.20. The molecule has 1 saturated heterocycles. The van der Waals surface area contributed by atoms with Crippen molar-refractivity contribution in [2.24, 2.45) is 0 Å². The van der Waals surface area contributed by atoms with Gasteiger partial charge in [-0.1, -0.05) is 11.3 Å². The zero-order valence-electron chi connectivity index (χ0n) is 20.0. The fraction of sp³-hybridized carbons (Fsp3) is 0.407. The van der Waals surface area contributed by atoms with Crippen molar-refractivity contribution in [1.29, 1.82) is 0 Å². The number of carbonyl (C=O) groups is 1. The zero-order chi connectivity index (χ0) is 24.6. The molecule has 9 heteroatoms. The van der Waals surface area contributed by atoms with Gasteiger partial charge in [-0.3, -0.25) is 9.20 Å². The Labute approximate surface area is 212 Å². The van der Waals surface area contributed by atoms with Gasteiger partial charge in [0.15, 0.2) is 4.96 Å². The second kappa shape index (κ2) is 9.88. The van der Waals surface area contributed by atoms with E-state index < -0.39 is 6.17 Å². The first-order valence-electron chi connectivity index (χ1n) is 12.6. The number of imidazole rings is 1. The number of thiazole rings is 1. The van der Waals surface area contributed by atoms with Crippen LogP contribution in [-0.4, -0.2) is 59.1 Å². The van der Waals surface area contributed by atoms with E-state index >= 15 is 0 Å². The number of piperidine rings is 1. The van der Waals surface area contributed by atoms with Crippen molar-refractivity contribution >= 4 is 32.4 Å². The lowest BCUT2D eigenvalue weighted by Gasteiger charge is -2.28. The number of likely N-dealkylation sites (tertiary alicyclic amines) is 1. The third kappa shape index (κ3) is 4.63. The summed E-state index contributed by atoms with van der Waals surface area (Å²) in [6.45, 7) is 4.65. The monoisotopic (exact) mass is 509 g/mol. The summed E-state index contributed by atoms with van der Waals surface area (Å²) >= 11 is 1.49. The highest BCUT2D eigenvalue weighted by atomic mass is 32.1. The van der Waals surface area contributed by atoms with Crippen molar-refractivity contribution in [2.75, 3.05) is 32.7 Å². The molecule has 1 amide bonds. The highest BCUT2D eigenvalue weighted by Crippen LogP contribution is 2.32. The van der Waals surface area contributed by atoms with Gasteiger partial charge in [-0.15, -0.1) is 0 Å². The smallest absolute Gasteiger partial charge is 0.251 e. The first-order valence-corrected chi connectivity index (χ1v) is 13.5. The van der Waals surface area contributed by atoms with Crippen LogP contribution in [0.4, 0.5) is 8.78 Å². The molecule has 0 saturated carbocycles. The quantitative estimate of drug-likeness (QED) is 0.374. The summed E-state index contributed by atoms with van der Waals surface area (Å²) in [4.78, 5) is 20.4. The predicted octanol–water partition coefficient (Wildman–Crippen LogP) is 4.55. The summed E-state index contributed by atoms with van der Waals surface area (Å²) in [7, 11) is 0. The van der Waals surface area contributed by atoms with Crippen molar-refractivity contribution in [3.05, 3.63) is 59.0 Å². The molecule has 2 N–H and O–H groups in total. The van der Waals surface area contributed by atoms with Crippen LogP contribution in [0.25, 0.3) is 26.4 Å². The number of nitrogens with one attached hydrogen (secondary N) is 2. The van der Waals surface area contributed by atoms with Crippen LogP contribution in [0.5, 0.6) is 0 Å². The van der Waals surface area contributed by atoms with Crippen LogP contribution in [0.15, 0.2) is 36.5 Å². The van der Waals surface area contributed by atoms with E-state index in [1.807, 2.05) is 34.9 Å². The maximum absolute atomic E-state index is 14.9. The molecule has 36 heavy (non-hydrogen) atoms. The van der Waals surface area contributed by atoms with E-state index in [2.05, 4.69) is 15.5 Å². The highest BCUT2D eigenvalue weighted by molar-refractivity contribution is 7.23. The molecule has 2 aliphatic heterocycles. The molecule has 1 fully saturated rings. The molecule has 0 radical (unpaired) electrons. The summed E-state index contributed by atoms with van der Waals surface area (Å²) in [5, 5.41) is 6.28. The number of alkyl halides is 1. The summed E-state index contributed by atoms with van der Waals surface area (Å²) in [6.07, 6.45) is 4.17. The Balaban J connectivity index is 1.14. The number of halogens is 2. The van der Waals surface area contributed by atoms with E-state index in [0.29, 0.717) is 42.8 Å². The number of amides is 1. The highest BCUT2D eigenvalue weighted by Gasteiger charge is 2.19. The first kappa shape index (κ1) is 23.5. The van der Waals surface area contributed by atoms with E-state index in [4.69, 9.17) is 4.98 Å². The van der Waals surface area contributed by atoms with Gasteiger partial charge >= 0.3 is 0 Å². The number of fused-ring (bicyclic) bond motifs is 4. The molecule has 6 nitrogen and oxygen atoms in total. The van der Waals surface area contributed by atoms with Crippen LogP contribution in [0.3, 0.4) is 0 Å². The van der Waals surface area contributed by atoms with E-state index in [1.54, 1.807) is 6.07 Å². The summed E-state index contributed by atoms with van der Waals surface area (Å²) in [5.41, 5.74) is 4.90. The van der Waals surface area contributed by atoms with E-state index in [0.717, 1.165) is 59.8 Å². The van der Waals surface area contributed by atoms with Crippen LogP contribution in [0.1, 0.15) is 40.7 Å². The van der Waals surface area contributed by atoms with Crippen LogP contribution in [0, 0.1) is 5.82 Å². The maximum atomic E-state index is 14.9. The van der Waals surface area contributed by atoms with Gasteiger partial charge < -0.3 is 15.5 Å². The van der Waals surface area contributed by atoms with Crippen molar-refractivity contribution in [1.82, 2.24) is 24.9 Å². The molecule has 0 bridgehead atoms. The molecular formula is C27H29F2N5OS. The normalized spacial score (nSPS) is 17.1. The number of carbonyl (C=O) groups excluding carboxylic acids is 1. The van der Waals surface area contributed by atoms with Gasteiger partial charge in [0.05, 0.1) is 15.9 Å². The Kier molecular flexibility index (Phi) is 6.45. The van der Waals surface area contributed by atoms with Gasteiger partial charge in [-0.05, 0) is 80.2 Å². The molecular weight excluding hydrogens is 480 g/mol. The topological polar surface area (TPSA) is 61.7 Å². The molecule has 0 unspecified atom stereocenters. The standard InChI is InChI=1S/C27H29F2N5OS/c28-20-5-10-33(11-6-20)9-1-7-31-26(35)18-2-3-24-25(14-18)36-27-32-23(16-34(24)27)21-12-17-4-8-30-15-19(17)13-22(21)29/h2-3,12-14,16,20,30H,1,4-11,15H2,(H,31,35). The average molecular weight is 510 g/mol. The Bertz CT molecular complexity index is 1420. The third-order valence-electron chi connectivity index (χ3n) is 7.26. The second-order valence-corrected chi connectivity index (χ2v) is 10.7. The number of rotatable bonds is 6. The first-order chi connectivity index (χ1) is 17.5. The summed E-state index contributed by atoms with van der Waals surface area (Å²) in [5.74, 6) is -0.352. The minimum Gasteiger partial charge on any atom is -0.352 e. The molecule has 2 aliphatic rings. The third-order valence-corrected chi connectivity index (χ3v) is 8.28. The number of nitrogens with zero attached hydrogens (tertiary/aromatic N) is 3. The molecule has 2 aromatic heterocycles. The van der Waals surface area contributed by atoms with Gasteiger partial charge in [-0.25, -0.2) is 13.8 Å². The minimum atomic E-state index is -0.662. The van der Waals surface area contributed by atoms with Crippen LogP contribution >= 0.6 is 11.3 Å². The lowest BCUT2D eigenvalue weighted by Crippen LogP contribution is -2.36. The molecule has 4 heterocycles. The molecule has 0 spiro atoms. The molecule has 4 aromatic rings.